The lowest BCUT2D eigenvalue weighted by molar-refractivity contribution is -0.146. The average Bonchev–Trinajstić information content (AvgIpc) is 3.35. The molecule has 0 radical (unpaired) electrons. The molecule has 2 aromatic rings. The van der Waals surface area contributed by atoms with Crippen LogP contribution in [0.4, 0.5) is 9.18 Å². The van der Waals surface area contributed by atoms with Crippen molar-refractivity contribution in [1.29, 1.82) is 0 Å². The fourth-order valence-corrected chi connectivity index (χ4v) is 3.45. The molecule has 11 heteroatoms. The average molecular weight is 487 g/mol. The Balaban J connectivity index is 1.81. The lowest BCUT2D eigenvalue weighted by Crippen LogP contribution is -2.48. The van der Waals surface area contributed by atoms with Gasteiger partial charge in [-0.05, 0) is 37.1 Å². The Morgan fingerprint density at radius 2 is 1.89 bits per heavy atom. The number of urea groups is 1. The maximum Gasteiger partial charge on any atom is 0.338 e. The molecule has 186 valence electrons. The third-order valence-electron chi connectivity index (χ3n) is 5.16. The first-order chi connectivity index (χ1) is 16.7. The van der Waals surface area contributed by atoms with Crippen LogP contribution in [0, 0.1) is 11.7 Å². The van der Waals surface area contributed by atoms with E-state index in [2.05, 4.69) is 16.0 Å². The lowest BCUT2D eigenvalue weighted by Gasteiger charge is -2.28. The van der Waals surface area contributed by atoms with Gasteiger partial charge in [-0.3, -0.25) is 4.79 Å². The number of rotatable bonds is 9. The summed E-state index contributed by atoms with van der Waals surface area (Å²) in [4.78, 5) is 50.3. The van der Waals surface area contributed by atoms with Crippen molar-refractivity contribution in [3.8, 4) is 0 Å². The van der Waals surface area contributed by atoms with E-state index in [4.69, 9.17) is 13.9 Å². The zero-order valence-electron chi connectivity index (χ0n) is 19.4. The van der Waals surface area contributed by atoms with Crippen LogP contribution >= 0.6 is 0 Å². The summed E-state index contributed by atoms with van der Waals surface area (Å²) in [5.74, 6) is -3.20. The number of carbonyl (C=O) groups excluding carboxylic acids is 4. The van der Waals surface area contributed by atoms with Gasteiger partial charge in [-0.2, -0.15) is 0 Å². The summed E-state index contributed by atoms with van der Waals surface area (Å²) in [6, 6.07) is 5.82. The molecule has 1 aliphatic heterocycles. The molecule has 0 bridgehead atoms. The maximum atomic E-state index is 14.0. The van der Waals surface area contributed by atoms with Crippen molar-refractivity contribution < 1.29 is 37.5 Å². The van der Waals surface area contributed by atoms with Gasteiger partial charge in [-0.25, -0.2) is 18.8 Å². The molecular formula is C24H26FN3O7. The molecule has 2 atom stereocenters. The van der Waals surface area contributed by atoms with Gasteiger partial charge < -0.3 is 29.8 Å². The number of ether oxygens (including phenoxy) is 2. The van der Waals surface area contributed by atoms with Gasteiger partial charge in [0, 0.05) is 0 Å². The minimum absolute atomic E-state index is 0.00452. The zero-order valence-corrected chi connectivity index (χ0v) is 19.4. The van der Waals surface area contributed by atoms with E-state index in [9.17, 15) is 23.6 Å². The Morgan fingerprint density at radius 1 is 1.14 bits per heavy atom. The number of esters is 2. The topological polar surface area (TPSA) is 136 Å². The summed E-state index contributed by atoms with van der Waals surface area (Å²) < 4.78 is 29.8. The molecule has 1 unspecified atom stereocenters. The van der Waals surface area contributed by atoms with Crippen LogP contribution in [0.25, 0.3) is 0 Å². The van der Waals surface area contributed by atoms with E-state index in [0.29, 0.717) is 0 Å². The van der Waals surface area contributed by atoms with Crippen molar-refractivity contribution in [2.24, 2.45) is 5.92 Å². The number of benzene rings is 1. The third-order valence-corrected chi connectivity index (χ3v) is 5.16. The number of halogens is 1. The van der Waals surface area contributed by atoms with E-state index in [0.717, 1.165) is 6.07 Å². The van der Waals surface area contributed by atoms with Crippen molar-refractivity contribution in [2.45, 2.75) is 32.9 Å². The van der Waals surface area contributed by atoms with Crippen LogP contribution in [0.1, 0.15) is 42.9 Å². The zero-order chi connectivity index (χ0) is 25.5. The van der Waals surface area contributed by atoms with Gasteiger partial charge in [0.25, 0.3) is 5.91 Å². The number of nitrogens with one attached hydrogen (secondary N) is 3. The van der Waals surface area contributed by atoms with Crippen LogP contribution in [0.15, 0.2) is 58.3 Å². The van der Waals surface area contributed by atoms with E-state index >= 15 is 0 Å². The van der Waals surface area contributed by atoms with Gasteiger partial charge in [0.05, 0.1) is 29.7 Å². The summed E-state index contributed by atoms with van der Waals surface area (Å²) in [7, 11) is 0. The molecule has 0 fully saturated rings. The summed E-state index contributed by atoms with van der Waals surface area (Å²) in [5, 5.41) is 7.53. The summed E-state index contributed by atoms with van der Waals surface area (Å²) >= 11 is 0. The predicted octanol–water partition coefficient (Wildman–Crippen LogP) is 2.59. The first-order valence-electron chi connectivity index (χ1n) is 11.0. The quantitative estimate of drug-likeness (QED) is 0.463. The monoisotopic (exact) mass is 487 g/mol. The van der Waals surface area contributed by atoms with Crippen LogP contribution in [0.5, 0.6) is 0 Å². The lowest BCUT2D eigenvalue weighted by atomic mass is 10.0. The summed E-state index contributed by atoms with van der Waals surface area (Å²) in [6.07, 6.45) is 1.39. The Kier molecular flexibility index (Phi) is 8.24. The Bertz CT molecular complexity index is 1130. The second kappa shape index (κ2) is 11.3. The van der Waals surface area contributed by atoms with Crippen molar-refractivity contribution in [1.82, 2.24) is 16.0 Å². The van der Waals surface area contributed by atoms with E-state index in [-0.39, 0.29) is 29.2 Å². The molecule has 10 nitrogen and oxygen atoms in total. The molecule has 1 aromatic heterocycles. The number of amides is 3. The van der Waals surface area contributed by atoms with Gasteiger partial charge in [0.2, 0.25) is 0 Å². The highest BCUT2D eigenvalue weighted by molar-refractivity contribution is 5.97. The first-order valence-corrected chi connectivity index (χ1v) is 11.0. The first kappa shape index (κ1) is 25.5. The molecule has 2 heterocycles. The minimum Gasteiger partial charge on any atom is -0.467 e. The minimum atomic E-state index is -1.12. The van der Waals surface area contributed by atoms with Crippen LogP contribution in [0.3, 0.4) is 0 Å². The normalized spacial score (nSPS) is 16.3. The highest BCUT2D eigenvalue weighted by atomic mass is 19.1. The molecule has 3 rings (SSSR count). The SMILES string of the molecule is CCOC(=O)C1=C(COC(=O)[C@@H](NC(=O)c2ccccc2F)C(C)C)NC(=O)NC1c1ccco1. The van der Waals surface area contributed by atoms with Gasteiger partial charge in [0.1, 0.15) is 30.3 Å². The molecule has 3 amide bonds. The van der Waals surface area contributed by atoms with Gasteiger partial charge >= 0.3 is 18.0 Å². The fraction of sp³-hybridized carbons (Fsp3) is 0.333. The Morgan fingerprint density at radius 3 is 2.51 bits per heavy atom. The number of carbonyl (C=O) groups is 4. The molecule has 3 N–H and O–H groups in total. The molecule has 0 saturated carbocycles. The molecule has 0 saturated heterocycles. The number of hydrogen-bond acceptors (Lipinski definition) is 7. The van der Waals surface area contributed by atoms with Crippen molar-refractivity contribution in [3.63, 3.8) is 0 Å². The number of furan rings is 1. The highest BCUT2D eigenvalue weighted by Crippen LogP contribution is 2.28. The fourth-order valence-electron chi connectivity index (χ4n) is 3.45. The van der Waals surface area contributed by atoms with Gasteiger partial charge in [-0.1, -0.05) is 26.0 Å². The predicted molar refractivity (Wildman–Crippen MR) is 120 cm³/mol. The smallest absolute Gasteiger partial charge is 0.338 e. The molecule has 1 aromatic carbocycles. The molecule has 0 spiro atoms. The largest absolute Gasteiger partial charge is 0.467 e. The summed E-state index contributed by atoms with van der Waals surface area (Å²) in [5.41, 5.74) is -0.208. The van der Waals surface area contributed by atoms with Crippen LogP contribution in [-0.2, 0) is 19.1 Å². The van der Waals surface area contributed by atoms with Gasteiger partial charge in [-0.15, -0.1) is 0 Å². The van der Waals surface area contributed by atoms with Crippen molar-refractivity contribution >= 4 is 23.9 Å². The highest BCUT2D eigenvalue weighted by Gasteiger charge is 2.36. The van der Waals surface area contributed by atoms with Crippen molar-refractivity contribution in [2.75, 3.05) is 13.2 Å². The Hall–Kier alpha value is -4.15. The summed E-state index contributed by atoms with van der Waals surface area (Å²) in [6.45, 7) is 4.56. The van der Waals surface area contributed by atoms with Crippen molar-refractivity contribution in [3.05, 3.63) is 71.1 Å². The molecule has 0 aliphatic carbocycles. The van der Waals surface area contributed by atoms with E-state index in [1.54, 1.807) is 32.9 Å². The second-order valence-electron chi connectivity index (χ2n) is 7.94. The van der Waals surface area contributed by atoms with Crippen LogP contribution in [-0.4, -0.2) is 43.1 Å². The second-order valence-corrected chi connectivity index (χ2v) is 7.94. The van der Waals surface area contributed by atoms with E-state index in [1.165, 1.54) is 24.5 Å². The van der Waals surface area contributed by atoms with Crippen LogP contribution < -0.4 is 16.0 Å². The van der Waals surface area contributed by atoms with Crippen LogP contribution in [0.2, 0.25) is 0 Å². The van der Waals surface area contributed by atoms with E-state index in [1.807, 2.05) is 0 Å². The van der Waals surface area contributed by atoms with Gasteiger partial charge in [0.15, 0.2) is 0 Å². The Labute approximate surface area is 200 Å². The molecule has 35 heavy (non-hydrogen) atoms. The van der Waals surface area contributed by atoms with E-state index < -0.39 is 54.3 Å². The number of hydrogen-bond donors (Lipinski definition) is 3. The third kappa shape index (κ3) is 6.05. The standard InChI is InChI=1S/C24H26FN3O7/c1-4-33-22(30)18-16(26-24(32)28-20(18)17-10-7-11-34-17)12-35-23(31)19(13(2)3)27-21(29)14-8-5-6-9-15(14)25/h5-11,13,19-20H,4,12H2,1-3H3,(H,27,29)(H2,26,28,32)/t19-,20?/m0/s1. The molecular weight excluding hydrogens is 461 g/mol. The molecule has 1 aliphatic rings. The maximum absolute atomic E-state index is 14.0.